The summed E-state index contributed by atoms with van der Waals surface area (Å²) in [7, 11) is 0. The van der Waals surface area contributed by atoms with E-state index in [0.29, 0.717) is 0 Å². The molecule has 0 aliphatic rings. The second kappa shape index (κ2) is 3.10. The summed E-state index contributed by atoms with van der Waals surface area (Å²) >= 11 is 0. The molecule has 0 unspecified atom stereocenters. The molecule has 2 rings (SSSR count). The average Bonchev–Trinajstić information content (AvgIpc) is 2.05. The number of aromatic nitrogens is 2. The van der Waals surface area contributed by atoms with Crippen molar-refractivity contribution in [3.8, 4) is 0 Å². The lowest BCUT2D eigenvalue weighted by Gasteiger charge is -1.90. The summed E-state index contributed by atoms with van der Waals surface area (Å²) in [6.45, 7) is 0. The fourth-order valence-electron chi connectivity index (χ4n) is 0.904. The summed E-state index contributed by atoms with van der Waals surface area (Å²) in [6, 6.07) is 7.66. The molecule has 0 aromatic carbocycles. The van der Waals surface area contributed by atoms with Crippen LogP contribution in [0.3, 0.4) is 0 Å². The predicted molar refractivity (Wildman–Crippen MR) is 46.3 cm³/mol. The molecule has 0 N–H and O–H groups in total. The Bertz CT molecular complexity index is 279. The monoisotopic (exact) mass is 146 g/mol. The van der Waals surface area contributed by atoms with E-state index in [2.05, 4.69) is 9.97 Å². The molecule has 0 bridgehead atoms. The van der Waals surface area contributed by atoms with E-state index in [4.69, 9.17) is 0 Å². The first-order valence-electron chi connectivity index (χ1n) is 3.12. The van der Waals surface area contributed by atoms with E-state index in [1.165, 1.54) is 0 Å². The largest absolute Gasteiger partial charge is 0.255 e. The highest BCUT2D eigenvalue weighted by Gasteiger charge is 1.88. The number of hydrogen-bond acceptors (Lipinski definition) is 2. The van der Waals surface area contributed by atoms with Crippen molar-refractivity contribution in [1.29, 1.82) is 0 Å². The Morgan fingerprint density at radius 2 is 1.27 bits per heavy atom. The van der Waals surface area contributed by atoms with Gasteiger partial charge < -0.3 is 0 Å². The van der Waals surface area contributed by atoms with Crippen molar-refractivity contribution in [3.05, 3.63) is 36.7 Å². The van der Waals surface area contributed by atoms with Crippen molar-refractivity contribution in [2.45, 2.75) is 7.43 Å². The van der Waals surface area contributed by atoms with Crippen molar-refractivity contribution in [1.82, 2.24) is 9.97 Å². The number of rotatable bonds is 0. The van der Waals surface area contributed by atoms with Crippen LogP contribution < -0.4 is 0 Å². The molecule has 0 amide bonds. The molecule has 2 heteroatoms. The zero-order valence-corrected chi connectivity index (χ0v) is 5.36. The normalized spacial score (nSPS) is 9.09. The maximum absolute atomic E-state index is 4.12. The van der Waals surface area contributed by atoms with Gasteiger partial charge in [-0.15, -0.1) is 0 Å². The van der Waals surface area contributed by atoms with Gasteiger partial charge in [0.1, 0.15) is 0 Å². The van der Waals surface area contributed by atoms with Crippen molar-refractivity contribution < 1.29 is 0 Å². The third-order valence-corrected chi connectivity index (χ3v) is 1.37. The van der Waals surface area contributed by atoms with Crippen LogP contribution in [0.4, 0.5) is 0 Å². The molecule has 0 spiro atoms. The van der Waals surface area contributed by atoms with E-state index in [9.17, 15) is 0 Å². The minimum absolute atomic E-state index is 0. The first-order chi connectivity index (χ1) is 4.97. The minimum Gasteiger partial charge on any atom is -0.255 e. The van der Waals surface area contributed by atoms with Gasteiger partial charge in [-0.3, -0.25) is 9.97 Å². The lowest BCUT2D eigenvalue weighted by Crippen LogP contribution is -1.78. The molecule has 0 aliphatic carbocycles. The molecule has 0 saturated heterocycles. The van der Waals surface area contributed by atoms with Crippen LogP contribution in [0.25, 0.3) is 11.0 Å². The van der Waals surface area contributed by atoms with Gasteiger partial charge >= 0.3 is 0 Å². The first kappa shape index (κ1) is 7.66. The number of fused-ring (bicyclic) bond motifs is 1. The average molecular weight is 146 g/mol. The zero-order chi connectivity index (χ0) is 6.81. The van der Waals surface area contributed by atoms with Gasteiger partial charge in [-0.05, 0) is 24.3 Å². The summed E-state index contributed by atoms with van der Waals surface area (Å²) in [5, 5.41) is 0. The van der Waals surface area contributed by atoms with Crippen LogP contribution in [0, 0.1) is 0 Å². The third kappa shape index (κ3) is 1.34. The molecule has 0 aliphatic heterocycles. The molecule has 2 aromatic heterocycles. The lowest BCUT2D eigenvalue weighted by molar-refractivity contribution is 1.34. The smallest absolute Gasteiger partial charge is 0.0886 e. The van der Waals surface area contributed by atoms with Crippen LogP contribution in [0.5, 0.6) is 0 Å². The minimum atomic E-state index is 0. The fourth-order valence-corrected chi connectivity index (χ4v) is 0.904. The Balaban J connectivity index is 0.000000605. The summed E-state index contributed by atoms with van der Waals surface area (Å²) in [5.41, 5.74) is 1.90. The standard InChI is InChI=1S/C8H6N2.CH4/c1-3-7-8(9-5-1)4-2-6-10-7;/h1-6H;1H4. The van der Waals surface area contributed by atoms with Gasteiger partial charge in [-0.25, -0.2) is 0 Å². The Morgan fingerprint density at radius 1 is 0.818 bits per heavy atom. The Labute approximate surface area is 65.9 Å². The van der Waals surface area contributed by atoms with Crippen molar-refractivity contribution in [2.24, 2.45) is 0 Å². The van der Waals surface area contributed by atoms with E-state index >= 15 is 0 Å². The van der Waals surface area contributed by atoms with Gasteiger partial charge in [-0.2, -0.15) is 0 Å². The number of pyridine rings is 2. The van der Waals surface area contributed by atoms with Crippen LogP contribution in [0.1, 0.15) is 7.43 Å². The Hall–Kier alpha value is -1.44. The SMILES string of the molecule is C.c1cnc2cccnc2c1. The number of nitrogens with zero attached hydrogens (tertiary/aromatic N) is 2. The molecule has 2 aromatic rings. The highest BCUT2D eigenvalue weighted by atomic mass is 14.7. The maximum atomic E-state index is 4.12. The van der Waals surface area contributed by atoms with Crippen LogP contribution >= 0.6 is 0 Å². The van der Waals surface area contributed by atoms with Gasteiger partial charge in [0, 0.05) is 12.4 Å². The molecular weight excluding hydrogens is 136 g/mol. The molecule has 0 atom stereocenters. The molecule has 56 valence electrons. The van der Waals surface area contributed by atoms with Gasteiger partial charge in [0.25, 0.3) is 0 Å². The van der Waals surface area contributed by atoms with Gasteiger partial charge in [0.15, 0.2) is 0 Å². The summed E-state index contributed by atoms with van der Waals surface area (Å²) in [5.74, 6) is 0. The fraction of sp³-hybridized carbons (Fsp3) is 0.111. The van der Waals surface area contributed by atoms with Gasteiger partial charge in [-0.1, -0.05) is 7.43 Å². The van der Waals surface area contributed by atoms with Gasteiger partial charge in [0.05, 0.1) is 11.0 Å². The number of hydrogen-bond donors (Lipinski definition) is 0. The van der Waals surface area contributed by atoms with Crippen molar-refractivity contribution in [2.75, 3.05) is 0 Å². The second-order valence-electron chi connectivity index (χ2n) is 2.05. The van der Waals surface area contributed by atoms with Crippen LogP contribution in [0.15, 0.2) is 36.7 Å². The third-order valence-electron chi connectivity index (χ3n) is 1.37. The second-order valence-corrected chi connectivity index (χ2v) is 2.05. The highest BCUT2D eigenvalue weighted by Crippen LogP contribution is 2.04. The molecule has 2 nitrogen and oxygen atoms in total. The molecule has 11 heavy (non-hydrogen) atoms. The van der Waals surface area contributed by atoms with E-state index in [-0.39, 0.29) is 7.43 Å². The maximum Gasteiger partial charge on any atom is 0.0886 e. The van der Waals surface area contributed by atoms with Crippen LogP contribution in [-0.2, 0) is 0 Å². The van der Waals surface area contributed by atoms with Crippen molar-refractivity contribution >= 4 is 11.0 Å². The predicted octanol–water partition coefficient (Wildman–Crippen LogP) is 2.27. The summed E-state index contributed by atoms with van der Waals surface area (Å²) < 4.78 is 0. The van der Waals surface area contributed by atoms with Gasteiger partial charge in [0.2, 0.25) is 0 Å². The van der Waals surface area contributed by atoms with E-state index < -0.39 is 0 Å². The van der Waals surface area contributed by atoms with E-state index in [1.54, 1.807) is 12.4 Å². The zero-order valence-electron chi connectivity index (χ0n) is 5.36. The topological polar surface area (TPSA) is 25.8 Å². The quantitative estimate of drug-likeness (QED) is 0.569. The highest BCUT2D eigenvalue weighted by molar-refractivity contribution is 5.72. The molecule has 0 saturated carbocycles. The molecule has 0 fully saturated rings. The van der Waals surface area contributed by atoms with E-state index in [1.807, 2.05) is 24.3 Å². The molecular formula is C9H10N2. The Morgan fingerprint density at radius 3 is 1.73 bits per heavy atom. The lowest BCUT2D eigenvalue weighted by atomic mass is 10.3. The summed E-state index contributed by atoms with van der Waals surface area (Å²) in [6.07, 6.45) is 3.54. The molecule has 0 radical (unpaired) electrons. The first-order valence-corrected chi connectivity index (χ1v) is 3.12. The Kier molecular flexibility index (Phi) is 2.16. The van der Waals surface area contributed by atoms with E-state index in [0.717, 1.165) is 11.0 Å². The van der Waals surface area contributed by atoms with Crippen LogP contribution in [-0.4, -0.2) is 9.97 Å². The van der Waals surface area contributed by atoms with Crippen molar-refractivity contribution in [3.63, 3.8) is 0 Å². The summed E-state index contributed by atoms with van der Waals surface area (Å²) in [4.78, 5) is 8.24. The molecule has 2 heterocycles. The van der Waals surface area contributed by atoms with Crippen LogP contribution in [0.2, 0.25) is 0 Å².